The zero-order valence-corrected chi connectivity index (χ0v) is 25.4. The summed E-state index contributed by atoms with van der Waals surface area (Å²) in [7, 11) is -3.68. The topological polar surface area (TPSA) is 88.4 Å². The molecule has 0 spiro atoms. The molecule has 42 heavy (non-hydrogen) atoms. The third-order valence-corrected chi connectivity index (χ3v) is 9.09. The molecule has 0 bridgehead atoms. The first-order chi connectivity index (χ1) is 20.4. The smallest absolute Gasteiger partial charge is 0.240 e. The molecule has 6 rings (SSSR count). The highest BCUT2D eigenvalue weighted by molar-refractivity contribution is 9.10. The van der Waals surface area contributed by atoms with Gasteiger partial charge in [-0.2, -0.15) is 9.61 Å². The number of aromatic nitrogens is 3. The molecular formula is C32H25BrClN5O2S. The lowest BCUT2D eigenvalue weighted by molar-refractivity contribution is 0.581. The van der Waals surface area contributed by atoms with E-state index in [4.69, 9.17) is 16.6 Å². The molecule has 4 aromatic carbocycles. The van der Waals surface area contributed by atoms with Crippen molar-refractivity contribution in [2.45, 2.75) is 18.0 Å². The second-order valence-corrected chi connectivity index (χ2v) is 12.7. The Kier molecular flexibility index (Phi) is 8.08. The van der Waals surface area contributed by atoms with Crippen LogP contribution in [0.3, 0.4) is 0 Å². The lowest BCUT2D eigenvalue weighted by Crippen LogP contribution is -2.23. The first-order valence-electron chi connectivity index (χ1n) is 13.1. The van der Waals surface area contributed by atoms with Gasteiger partial charge in [0.2, 0.25) is 10.0 Å². The standard InChI is InChI=1S/C32H25BrClN5O2S/c33-28-21-36-39-31(18-30(38-32(28)39)27-11-4-5-12-29(27)34)35-19-22-7-6-8-23(17-22)20-37-42(40,41)26-15-13-25(14-16-26)24-9-2-1-3-10-24/h1-18,21,35,37H,19-20H2. The highest BCUT2D eigenvalue weighted by atomic mass is 79.9. The van der Waals surface area contributed by atoms with Gasteiger partial charge in [0.05, 0.1) is 21.3 Å². The third-order valence-electron chi connectivity index (χ3n) is 6.78. The van der Waals surface area contributed by atoms with Crippen LogP contribution in [-0.2, 0) is 23.1 Å². The van der Waals surface area contributed by atoms with Crippen molar-refractivity contribution in [3.63, 3.8) is 0 Å². The molecular weight excluding hydrogens is 634 g/mol. The molecule has 0 amide bonds. The fourth-order valence-electron chi connectivity index (χ4n) is 4.63. The number of rotatable bonds is 9. The van der Waals surface area contributed by atoms with Gasteiger partial charge in [-0.25, -0.2) is 18.1 Å². The second kappa shape index (κ2) is 12.1. The molecule has 0 saturated heterocycles. The van der Waals surface area contributed by atoms with Gasteiger partial charge in [-0.05, 0) is 56.4 Å². The van der Waals surface area contributed by atoms with Crippen molar-refractivity contribution >= 4 is 49.0 Å². The van der Waals surface area contributed by atoms with Crippen LogP contribution in [0.25, 0.3) is 28.0 Å². The molecule has 2 aromatic heterocycles. The molecule has 0 aliphatic carbocycles. The lowest BCUT2D eigenvalue weighted by atomic mass is 10.1. The Hall–Kier alpha value is -4.02. The molecule has 2 N–H and O–H groups in total. The summed E-state index contributed by atoms with van der Waals surface area (Å²) < 4.78 is 31.2. The van der Waals surface area contributed by atoms with Crippen molar-refractivity contribution in [2.24, 2.45) is 0 Å². The summed E-state index contributed by atoms with van der Waals surface area (Å²) in [5, 5.41) is 8.51. The van der Waals surface area contributed by atoms with Crippen LogP contribution in [-0.4, -0.2) is 23.0 Å². The van der Waals surface area contributed by atoms with Gasteiger partial charge in [-0.3, -0.25) is 0 Å². The summed E-state index contributed by atoms with van der Waals surface area (Å²) in [6, 6.07) is 34.0. The summed E-state index contributed by atoms with van der Waals surface area (Å²) >= 11 is 9.99. The van der Waals surface area contributed by atoms with Crippen LogP contribution < -0.4 is 10.0 Å². The third kappa shape index (κ3) is 6.10. The molecule has 0 aliphatic heterocycles. The van der Waals surface area contributed by atoms with Gasteiger partial charge >= 0.3 is 0 Å². The first kappa shape index (κ1) is 28.1. The van der Waals surface area contributed by atoms with E-state index in [0.717, 1.165) is 43.8 Å². The van der Waals surface area contributed by atoms with E-state index in [1.54, 1.807) is 22.8 Å². The molecule has 0 radical (unpaired) electrons. The molecule has 10 heteroatoms. The van der Waals surface area contributed by atoms with E-state index in [2.05, 4.69) is 31.1 Å². The summed E-state index contributed by atoms with van der Waals surface area (Å²) in [5.41, 5.74) is 6.02. The first-order valence-corrected chi connectivity index (χ1v) is 15.8. The SMILES string of the molecule is O=S(=O)(NCc1cccc(CNc2cc(-c3ccccc3Cl)nc3c(Br)cnn23)c1)c1ccc(-c2ccccc2)cc1. The normalized spacial score (nSPS) is 11.6. The number of benzene rings is 4. The largest absolute Gasteiger partial charge is 0.366 e. The predicted molar refractivity (Wildman–Crippen MR) is 171 cm³/mol. The van der Waals surface area contributed by atoms with E-state index in [1.165, 1.54) is 0 Å². The molecule has 0 aliphatic rings. The Bertz CT molecular complexity index is 1980. The minimum absolute atomic E-state index is 0.166. The van der Waals surface area contributed by atoms with Gasteiger partial charge in [-0.1, -0.05) is 96.5 Å². The zero-order chi connectivity index (χ0) is 29.1. The van der Waals surface area contributed by atoms with Crippen molar-refractivity contribution in [3.05, 3.63) is 136 Å². The molecule has 0 unspecified atom stereocenters. The molecule has 2 heterocycles. The van der Waals surface area contributed by atoms with Gasteiger partial charge in [0, 0.05) is 29.7 Å². The molecule has 210 valence electrons. The summed E-state index contributed by atoms with van der Waals surface area (Å²) in [6.07, 6.45) is 1.70. The van der Waals surface area contributed by atoms with Crippen molar-refractivity contribution in [2.75, 3.05) is 5.32 Å². The van der Waals surface area contributed by atoms with Crippen LogP contribution in [0, 0.1) is 0 Å². The van der Waals surface area contributed by atoms with Crippen LogP contribution >= 0.6 is 27.5 Å². The molecule has 0 saturated carbocycles. The van der Waals surface area contributed by atoms with Crippen LogP contribution in [0.1, 0.15) is 11.1 Å². The van der Waals surface area contributed by atoms with Gasteiger partial charge in [0.1, 0.15) is 5.82 Å². The van der Waals surface area contributed by atoms with Crippen LogP contribution in [0.4, 0.5) is 5.82 Å². The van der Waals surface area contributed by atoms with E-state index >= 15 is 0 Å². The Morgan fingerprint density at radius 1 is 0.786 bits per heavy atom. The predicted octanol–water partition coefficient (Wildman–Crippen LogP) is 7.57. The van der Waals surface area contributed by atoms with Gasteiger partial charge in [0.25, 0.3) is 0 Å². The number of halogens is 2. The summed E-state index contributed by atoms with van der Waals surface area (Å²) in [5.74, 6) is 0.741. The van der Waals surface area contributed by atoms with Crippen LogP contribution in [0.5, 0.6) is 0 Å². The number of anilines is 1. The van der Waals surface area contributed by atoms with Gasteiger partial charge < -0.3 is 5.32 Å². The maximum atomic E-state index is 13.0. The molecule has 0 fully saturated rings. The number of sulfonamides is 1. The van der Waals surface area contributed by atoms with E-state index < -0.39 is 10.0 Å². The molecule has 0 atom stereocenters. The van der Waals surface area contributed by atoms with Gasteiger partial charge in [-0.15, -0.1) is 0 Å². The summed E-state index contributed by atoms with van der Waals surface area (Å²) in [4.78, 5) is 4.98. The number of hydrogen-bond acceptors (Lipinski definition) is 5. The molecule has 7 nitrogen and oxygen atoms in total. The number of hydrogen-bond donors (Lipinski definition) is 2. The van der Waals surface area contributed by atoms with Crippen molar-refractivity contribution < 1.29 is 8.42 Å². The maximum absolute atomic E-state index is 13.0. The van der Waals surface area contributed by atoms with Crippen molar-refractivity contribution in [1.82, 2.24) is 19.3 Å². The highest BCUT2D eigenvalue weighted by Gasteiger charge is 2.15. The second-order valence-electron chi connectivity index (χ2n) is 9.62. The minimum atomic E-state index is -3.68. The fourth-order valence-corrected chi connectivity index (χ4v) is 6.23. The number of nitrogens with zero attached hydrogens (tertiary/aromatic N) is 3. The molecule has 6 aromatic rings. The van der Waals surface area contributed by atoms with Crippen molar-refractivity contribution in [3.8, 4) is 22.4 Å². The van der Waals surface area contributed by atoms with E-state index in [0.29, 0.717) is 17.2 Å². The zero-order valence-electron chi connectivity index (χ0n) is 22.2. The Morgan fingerprint density at radius 2 is 1.48 bits per heavy atom. The van der Waals surface area contributed by atoms with E-state index in [9.17, 15) is 8.42 Å². The average Bonchev–Trinajstić information content (AvgIpc) is 3.40. The average molecular weight is 659 g/mol. The lowest BCUT2D eigenvalue weighted by Gasteiger charge is -2.13. The Balaban J connectivity index is 1.16. The van der Waals surface area contributed by atoms with E-state index in [1.807, 2.05) is 97.1 Å². The summed E-state index contributed by atoms with van der Waals surface area (Å²) in [6.45, 7) is 0.652. The monoisotopic (exact) mass is 657 g/mol. The quantitative estimate of drug-likeness (QED) is 0.167. The van der Waals surface area contributed by atoms with Crippen molar-refractivity contribution in [1.29, 1.82) is 0 Å². The van der Waals surface area contributed by atoms with Crippen LogP contribution in [0.2, 0.25) is 5.02 Å². The number of nitrogens with one attached hydrogen (secondary N) is 2. The van der Waals surface area contributed by atoms with Gasteiger partial charge in [0.15, 0.2) is 5.65 Å². The van der Waals surface area contributed by atoms with E-state index in [-0.39, 0.29) is 11.4 Å². The van der Waals surface area contributed by atoms with Crippen LogP contribution in [0.15, 0.2) is 125 Å². The Labute approximate surface area is 257 Å². The Morgan fingerprint density at radius 3 is 2.24 bits per heavy atom. The fraction of sp³-hybridized carbons (Fsp3) is 0.0625. The maximum Gasteiger partial charge on any atom is 0.240 e. The highest BCUT2D eigenvalue weighted by Crippen LogP contribution is 2.30. The number of fused-ring (bicyclic) bond motifs is 1. The minimum Gasteiger partial charge on any atom is -0.366 e.